The molecule has 0 aliphatic rings. The van der Waals surface area contributed by atoms with Crippen LogP contribution in [-0.2, 0) is 4.79 Å². The predicted octanol–water partition coefficient (Wildman–Crippen LogP) is 3.67. The van der Waals surface area contributed by atoms with Gasteiger partial charge >= 0.3 is 0 Å². The number of rotatable bonds is 5. The Kier molecular flexibility index (Phi) is 5.12. The Balaban J connectivity index is 2.05. The van der Waals surface area contributed by atoms with Crippen LogP contribution >= 0.6 is 0 Å². The maximum atomic E-state index is 12.0. The zero-order chi connectivity index (χ0) is 15.2. The smallest absolute Gasteiger partial charge is 0.241 e. The third-order valence-electron chi connectivity index (χ3n) is 3.82. The van der Waals surface area contributed by atoms with Crippen LogP contribution in [0.4, 0.5) is 5.69 Å². The molecule has 0 heterocycles. The molecule has 21 heavy (non-hydrogen) atoms. The average Bonchev–Trinajstić information content (AvgIpc) is 2.54. The maximum Gasteiger partial charge on any atom is 0.241 e. The van der Waals surface area contributed by atoms with Crippen LogP contribution in [0.5, 0.6) is 0 Å². The molecule has 1 amide bonds. The highest BCUT2D eigenvalue weighted by Crippen LogP contribution is 2.21. The second-order valence-corrected chi connectivity index (χ2v) is 5.34. The van der Waals surface area contributed by atoms with Crippen LogP contribution in [0.15, 0.2) is 54.6 Å². The van der Waals surface area contributed by atoms with Crippen LogP contribution in [-0.4, -0.2) is 11.9 Å². The first-order chi connectivity index (χ1) is 10.1. The first kappa shape index (κ1) is 15.3. The van der Waals surface area contributed by atoms with Crippen LogP contribution in [0.1, 0.15) is 20.3 Å². The second kappa shape index (κ2) is 7.04. The number of hydrogen-bond donors (Lipinski definition) is 2. The minimum Gasteiger partial charge on any atom is -0.325 e. The SMILES string of the molecule is CCC(C)C(N)C(=O)Nc1ccc(-c2ccccc2)cc1. The Hall–Kier alpha value is -2.13. The Bertz CT molecular complexity index is 578. The van der Waals surface area contributed by atoms with Gasteiger partial charge in [0.1, 0.15) is 0 Å². The Morgan fingerprint density at radius 3 is 2.19 bits per heavy atom. The molecule has 0 spiro atoms. The van der Waals surface area contributed by atoms with Gasteiger partial charge in [-0.15, -0.1) is 0 Å². The van der Waals surface area contributed by atoms with Gasteiger partial charge in [0.05, 0.1) is 6.04 Å². The maximum absolute atomic E-state index is 12.0. The molecule has 3 N–H and O–H groups in total. The van der Waals surface area contributed by atoms with E-state index in [1.807, 2.05) is 56.3 Å². The Morgan fingerprint density at radius 2 is 1.62 bits per heavy atom. The van der Waals surface area contributed by atoms with Crippen LogP contribution in [0.2, 0.25) is 0 Å². The molecule has 0 radical (unpaired) electrons. The fourth-order valence-corrected chi connectivity index (χ4v) is 2.11. The van der Waals surface area contributed by atoms with Gasteiger partial charge in [-0.05, 0) is 29.2 Å². The van der Waals surface area contributed by atoms with Gasteiger partial charge in [0.15, 0.2) is 0 Å². The molecule has 0 bridgehead atoms. The molecule has 2 unspecified atom stereocenters. The van der Waals surface area contributed by atoms with Crippen LogP contribution < -0.4 is 11.1 Å². The van der Waals surface area contributed by atoms with Crippen molar-refractivity contribution in [2.75, 3.05) is 5.32 Å². The molecule has 3 nitrogen and oxygen atoms in total. The van der Waals surface area contributed by atoms with E-state index in [2.05, 4.69) is 17.4 Å². The van der Waals surface area contributed by atoms with E-state index < -0.39 is 6.04 Å². The van der Waals surface area contributed by atoms with E-state index in [0.717, 1.165) is 23.2 Å². The van der Waals surface area contributed by atoms with Gasteiger partial charge in [0, 0.05) is 5.69 Å². The second-order valence-electron chi connectivity index (χ2n) is 5.34. The van der Waals surface area contributed by atoms with Crippen LogP contribution in [0.25, 0.3) is 11.1 Å². The van der Waals surface area contributed by atoms with Crippen molar-refractivity contribution < 1.29 is 4.79 Å². The van der Waals surface area contributed by atoms with Gasteiger partial charge in [0.2, 0.25) is 5.91 Å². The van der Waals surface area contributed by atoms with E-state index in [0.29, 0.717) is 0 Å². The molecule has 2 aromatic carbocycles. The van der Waals surface area contributed by atoms with E-state index in [-0.39, 0.29) is 11.8 Å². The molecule has 0 fully saturated rings. The highest BCUT2D eigenvalue weighted by Gasteiger charge is 2.19. The standard InChI is InChI=1S/C18H22N2O/c1-3-13(2)17(19)18(21)20-16-11-9-15(10-12-16)14-7-5-4-6-8-14/h4-13,17H,3,19H2,1-2H3,(H,20,21). The topological polar surface area (TPSA) is 55.1 Å². The minimum atomic E-state index is -0.469. The van der Waals surface area contributed by atoms with E-state index >= 15 is 0 Å². The van der Waals surface area contributed by atoms with E-state index in [9.17, 15) is 4.79 Å². The summed E-state index contributed by atoms with van der Waals surface area (Å²) in [4.78, 5) is 12.0. The first-order valence-corrected chi connectivity index (χ1v) is 7.33. The lowest BCUT2D eigenvalue weighted by Crippen LogP contribution is -2.40. The lowest BCUT2D eigenvalue weighted by Gasteiger charge is -2.17. The van der Waals surface area contributed by atoms with Gasteiger partial charge in [-0.25, -0.2) is 0 Å². The lowest BCUT2D eigenvalue weighted by atomic mass is 9.99. The highest BCUT2D eigenvalue weighted by atomic mass is 16.2. The van der Waals surface area contributed by atoms with E-state index in [1.165, 1.54) is 0 Å². The molecule has 0 aliphatic heterocycles. The molecule has 2 rings (SSSR count). The summed E-state index contributed by atoms with van der Waals surface area (Å²) in [6.07, 6.45) is 0.890. The molecule has 0 saturated carbocycles. The zero-order valence-electron chi connectivity index (χ0n) is 12.5. The van der Waals surface area contributed by atoms with Crippen LogP contribution in [0, 0.1) is 5.92 Å². The van der Waals surface area contributed by atoms with Crippen molar-refractivity contribution in [3.63, 3.8) is 0 Å². The number of amides is 1. The van der Waals surface area contributed by atoms with Crippen molar-refractivity contribution in [3.8, 4) is 11.1 Å². The molecule has 0 saturated heterocycles. The minimum absolute atomic E-state index is 0.128. The van der Waals surface area contributed by atoms with Gasteiger partial charge in [-0.2, -0.15) is 0 Å². The average molecular weight is 282 g/mol. The predicted molar refractivity (Wildman–Crippen MR) is 87.9 cm³/mol. The summed E-state index contributed by atoms with van der Waals surface area (Å²) >= 11 is 0. The van der Waals surface area contributed by atoms with Crippen LogP contribution in [0.3, 0.4) is 0 Å². The normalized spacial score (nSPS) is 13.5. The molecule has 2 atom stereocenters. The van der Waals surface area contributed by atoms with Crippen molar-refractivity contribution in [2.45, 2.75) is 26.3 Å². The summed E-state index contributed by atoms with van der Waals surface area (Å²) in [5.41, 5.74) is 8.99. The molecule has 0 aliphatic carbocycles. The summed E-state index contributed by atoms with van der Waals surface area (Å²) in [5, 5.41) is 2.87. The molecule has 3 heteroatoms. The monoisotopic (exact) mass is 282 g/mol. The fraction of sp³-hybridized carbons (Fsp3) is 0.278. The third-order valence-corrected chi connectivity index (χ3v) is 3.82. The number of benzene rings is 2. The summed E-state index contributed by atoms with van der Waals surface area (Å²) in [5.74, 6) is 0.0467. The Labute approximate surface area is 126 Å². The molecular formula is C18H22N2O. The van der Waals surface area contributed by atoms with Crippen molar-refractivity contribution in [1.29, 1.82) is 0 Å². The zero-order valence-corrected chi connectivity index (χ0v) is 12.5. The van der Waals surface area contributed by atoms with Gasteiger partial charge in [0.25, 0.3) is 0 Å². The molecular weight excluding hydrogens is 260 g/mol. The summed E-state index contributed by atoms with van der Waals surface area (Å²) in [6.45, 7) is 4.02. The number of anilines is 1. The molecule has 2 aromatic rings. The number of nitrogens with two attached hydrogens (primary N) is 1. The number of carbonyl (C=O) groups is 1. The van der Waals surface area contributed by atoms with Crippen molar-refractivity contribution in [2.24, 2.45) is 11.7 Å². The summed E-state index contributed by atoms with van der Waals surface area (Å²) < 4.78 is 0. The van der Waals surface area contributed by atoms with Crippen molar-refractivity contribution in [3.05, 3.63) is 54.6 Å². The third kappa shape index (κ3) is 3.92. The fourth-order valence-electron chi connectivity index (χ4n) is 2.11. The molecule has 0 aromatic heterocycles. The lowest BCUT2D eigenvalue weighted by molar-refractivity contribution is -0.118. The number of nitrogens with one attached hydrogen (secondary N) is 1. The highest BCUT2D eigenvalue weighted by molar-refractivity contribution is 5.95. The largest absolute Gasteiger partial charge is 0.325 e. The summed E-state index contributed by atoms with van der Waals surface area (Å²) in [7, 11) is 0. The first-order valence-electron chi connectivity index (χ1n) is 7.33. The van der Waals surface area contributed by atoms with Crippen molar-refractivity contribution >= 4 is 11.6 Å². The number of hydrogen-bond acceptors (Lipinski definition) is 2. The summed E-state index contributed by atoms with van der Waals surface area (Å²) in [6, 6.07) is 17.5. The van der Waals surface area contributed by atoms with E-state index in [1.54, 1.807) is 0 Å². The van der Waals surface area contributed by atoms with E-state index in [4.69, 9.17) is 5.73 Å². The van der Waals surface area contributed by atoms with Gasteiger partial charge in [-0.1, -0.05) is 62.7 Å². The Morgan fingerprint density at radius 1 is 1.05 bits per heavy atom. The number of carbonyl (C=O) groups excluding carboxylic acids is 1. The van der Waals surface area contributed by atoms with Crippen molar-refractivity contribution in [1.82, 2.24) is 0 Å². The molecule has 110 valence electrons. The van der Waals surface area contributed by atoms with Gasteiger partial charge < -0.3 is 11.1 Å². The van der Waals surface area contributed by atoms with Gasteiger partial charge in [-0.3, -0.25) is 4.79 Å². The quantitative estimate of drug-likeness (QED) is 0.879.